The summed E-state index contributed by atoms with van der Waals surface area (Å²) < 4.78 is 7.08. The molecule has 3 aromatic rings. The molecule has 1 N–H and O–H groups in total. The predicted octanol–water partition coefficient (Wildman–Crippen LogP) is 3.36. The summed E-state index contributed by atoms with van der Waals surface area (Å²) in [7, 11) is 1.63. The molecule has 1 amide bonds. The number of benzene rings is 1. The van der Waals surface area contributed by atoms with E-state index in [4.69, 9.17) is 4.74 Å². The fourth-order valence-corrected chi connectivity index (χ4v) is 4.10. The standard InChI is InChI=1S/C24H31N5O2/c1-17-13-19(28-12-11-24(4,16-28)18-9-7-6-8-10-18)14-29-21(17)26-20(27-29)22(30)25-15-23(2,3)31-5/h6-10,13-14H,11-12,15-16H2,1-5H3,(H,25,30)/t24-/m0/s1. The third kappa shape index (κ3) is 4.28. The molecule has 7 heteroatoms. The van der Waals surface area contributed by atoms with Crippen LogP contribution in [0.3, 0.4) is 0 Å². The van der Waals surface area contributed by atoms with Gasteiger partial charge < -0.3 is 15.0 Å². The first-order chi connectivity index (χ1) is 14.7. The number of hydrogen-bond acceptors (Lipinski definition) is 5. The number of aryl methyl sites for hydroxylation is 1. The number of fused-ring (bicyclic) bond motifs is 1. The van der Waals surface area contributed by atoms with Crippen molar-refractivity contribution in [2.75, 3.05) is 31.6 Å². The van der Waals surface area contributed by atoms with Crippen molar-refractivity contribution < 1.29 is 9.53 Å². The second kappa shape index (κ2) is 7.96. The van der Waals surface area contributed by atoms with Crippen LogP contribution in [-0.4, -0.2) is 52.9 Å². The Balaban J connectivity index is 1.55. The molecule has 3 heterocycles. The molecule has 0 unspecified atom stereocenters. The number of rotatable bonds is 6. The summed E-state index contributed by atoms with van der Waals surface area (Å²) in [6, 6.07) is 12.8. The lowest BCUT2D eigenvalue weighted by molar-refractivity contribution is 0.0227. The van der Waals surface area contributed by atoms with E-state index in [0.717, 1.165) is 30.8 Å². The minimum atomic E-state index is -0.445. The maximum Gasteiger partial charge on any atom is 0.291 e. The normalized spacial score (nSPS) is 19.2. The molecule has 0 radical (unpaired) electrons. The highest BCUT2D eigenvalue weighted by molar-refractivity contribution is 5.91. The van der Waals surface area contributed by atoms with E-state index in [-0.39, 0.29) is 17.1 Å². The molecule has 7 nitrogen and oxygen atoms in total. The number of pyridine rings is 1. The molecule has 1 saturated heterocycles. The molecule has 4 rings (SSSR count). The topological polar surface area (TPSA) is 71.8 Å². The number of aromatic nitrogens is 3. The molecule has 164 valence electrons. The van der Waals surface area contributed by atoms with E-state index in [1.54, 1.807) is 11.6 Å². The molecule has 0 saturated carbocycles. The van der Waals surface area contributed by atoms with Crippen molar-refractivity contribution in [2.45, 2.75) is 45.1 Å². The lowest BCUT2D eigenvalue weighted by Crippen LogP contribution is -2.40. The van der Waals surface area contributed by atoms with E-state index < -0.39 is 5.60 Å². The number of nitrogens with zero attached hydrogens (tertiary/aromatic N) is 4. The Morgan fingerprint density at radius 1 is 1.29 bits per heavy atom. The molecule has 1 atom stereocenters. The van der Waals surface area contributed by atoms with Crippen molar-refractivity contribution in [2.24, 2.45) is 0 Å². The Bertz CT molecular complexity index is 1090. The van der Waals surface area contributed by atoms with Crippen molar-refractivity contribution in [1.82, 2.24) is 19.9 Å². The molecule has 1 fully saturated rings. The summed E-state index contributed by atoms with van der Waals surface area (Å²) in [6.07, 6.45) is 3.07. The lowest BCUT2D eigenvalue weighted by atomic mass is 9.82. The quantitative estimate of drug-likeness (QED) is 0.661. The minimum absolute atomic E-state index is 0.117. The molecular weight excluding hydrogens is 390 g/mol. The Morgan fingerprint density at radius 2 is 2.03 bits per heavy atom. The molecular formula is C24H31N5O2. The van der Waals surface area contributed by atoms with Gasteiger partial charge in [0.1, 0.15) is 0 Å². The van der Waals surface area contributed by atoms with Crippen molar-refractivity contribution in [3.05, 3.63) is 59.5 Å². The van der Waals surface area contributed by atoms with Crippen LogP contribution in [0.1, 0.15) is 48.9 Å². The van der Waals surface area contributed by atoms with Gasteiger partial charge in [0.15, 0.2) is 5.65 Å². The Hall–Kier alpha value is -2.93. The van der Waals surface area contributed by atoms with E-state index in [9.17, 15) is 4.79 Å². The first-order valence-electron chi connectivity index (χ1n) is 10.7. The minimum Gasteiger partial charge on any atom is -0.377 e. The zero-order valence-corrected chi connectivity index (χ0v) is 19.0. The van der Waals surface area contributed by atoms with E-state index in [1.165, 1.54) is 5.56 Å². The third-order valence-electron chi connectivity index (χ3n) is 6.34. The zero-order chi connectivity index (χ0) is 22.2. The van der Waals surface area contributed by atoms with E-state index in [2.05, 4.69) is 63.6 Å². The smallest absolute Gasteiger partial charge is 0.291 e. The van der Waals surface area contributed by atoms with E-state index >= 15 is 0 Å². The number of hydrogen-bond donors (Lipinski definition) is 1. The first kappa shape index (κ1) is 21.3. The van der Waals surface area contributed by atoms with Gasteiger partial charge in [-0.05, 0) is 44.4 Å². The van der Waals surface area contributed by atoms with Gasteiger partial charge in [-0.2, -0.15) is 0 Å². The van der Waals surface area contributed by atoms with Gasteiger partial charge in [0.25, 0.3) is 5.91 Å². The number of nitrogens with one attached hydrogen (secondary N) is 1. The maximum atomic E-state index is 12.6. The summed E-state index contributed by atoms with van der Waals surface area (Å²) in [5.41, 5.74) is 3.83. The van der Waals surface area contributed by atoms with Crippen LogP contribution in [0.15, 0.2) is 42.6 Å². The van der Waals surface area contributed by atoms with Gasteiger partial charge >= 0.3 is 0 Å². The van der Waals surface area contributed by atoms with Crippen LogP contribution in [0.5, 0.6) is 0 Å². The molecule has 1 aliphatic heterocycles. The van der Waals surface area contributed by atoms with E-state index in [0.29, 0.717) is 12.2 Å². The first-order valence-corrected chi connectivity index (χ1v) is 10.7. The highest BCUT2D eigenvalue weighted by Crippen LogP contribution is 2.36. The van der Waals surface area contributed by atoms with Crippen LogP contribution in [0.4, 0.5) is 5.69 Å². The molecule has 0 spiro atoms. The van der Waals surface area contributed by atoms with Crippen LogP contribution in [0.2, 0.25) is 0 Å². The van der Waals surface area contributed by atoms with Crippen molar-refractivity contribution in [3.8, 4) is 0 Å². The maximum absolute atomic E-state index is 12.6. The van der Waals surface area contributed by atoms with Crippen molar-refractivity contribution >= 4 is 17.2 Å². The van der Waals surface area contributed by atoms with Gasteiger partial charge in [-0.1, -0.05) is 37.3 Å². The molecule has 1 aromatic carbocycles. The second-order valence-corrected chi connectivity index (χ2v) is 9.33. The van der Waals surface area contributed by atoms with Crippen molar-refractivity contribution in [1.29, 1.82) is 0 Å². The molecule has 2 aromatic heterocycles. The summed E-state index contributed by atoms with van der Waals surface area (Å²) in [5, 5.41) is 7.31. The summed E-state index contributed by atoms with van der Waals surface area (Å²) in [6.45, 7) is 10.5. The monoisotopic (exact) mass is 421 g/mol. The number of methoxy groups -OCH3 is 1. The number of amides is 1. The van der Waals surface area contributed by atoms with Crippen LogP contribution < -0.4 is 10.2 Å². The largest absolute Gasteiger partial charge is 0.377 e. The van der Waals surface area contributed by atoms with Gasteiger partial charge in [0.05, 0.1) is 17.5 Å². The van der Waals surface area contributed by atoms with Gasteiger partial charge in [-0.3, -0.25) is 4.79 Å². The highest BCUT2D eigenvalue weighted by atomic mass is 16.5. The molecule has 31 heavy (non-hydrogen) atoms. The van der Waals surface area contributed by atoms with Gasteiger partial charge in [0, 0.05) is 32.2 Å². The lowest BCUT2D eigenvalue weighted by Gasteiger charge is -2.26. The summed E-state index contributed by atoms with van der Waals surface area (Å²) >= 11 is 0. The average Bonchev–Trinajstić information content (AvgIpc) is 3.38. The SMILES string of the molecule is COC(C)(C)CNC(=O)c1nc2c(C)cc(N3CC[C@](C)(c4ccccc4)C3)cn2n1. The second-order valence-electron chi connectivity index (χ2n) is 9.33. The molecule has 1 aliphatic rings. The number of carbonyl (C=O) groups is 1. The van der Waals surface area contributed by atoms with Gasteiger partial charge in [-0.15, -0.1) is 5.10 Å². The fourth-order valence-electron chi connectivity index (χ4n) is 4.10. The third-order valence-corrected chi connectivity index (χ3v) is 6.34. The van der Waals surface area contributed by atoms with Gasteiger partial charge in [0.2, 0.25) is 5.82 Å². The number of carbonyl (C=O) groups excluding carboxylic acids is 1. The van der Waals surface area contributed by atoms with Crippen LogP contribution in [-0.2, 0) is 10.2 Å². The van der Waals surface area contributed by atoms with Crippen LogP contribution >= 0.6 is 0 Å². The Kier molecular flexibility index (Phi) is 5.47. The van der Waals surface area contributed by atoms with Crippen LogP contribution in [0, 0.1) is 6.92 Å². The predicted molar refractivity (Wildman–Crippen MR) is 122 cm³/mol. The Morgan fingerprint density at radius 3 is 2.74 bits per heavy atom. The zero-order valence-electron chi connectivity index (χ0n) is 19.0. The van der Waals surface area contributed by atoms with Crippen LogP contribution in [0.25, 0.3) is 5.65 Å². The highest BCUT2D eigenvalue weighted by Gasteiger charge is 2.35. The summed E-state index contributed by atoms with van der Waals surface area (Å²) in [4.78, 5) is 19.4. The van der Waals surface area contributed by atoms with Crippen molar-refractivity contribution in [3.63, 3.8) is 0 Å². The number of ether oxygens (including phenoxy) is 1. The summed E-state index contributed by atoms with van der Waals surface area (Å²) in [5.74, 6) is -0.129. The fraction of sp³-hybridized carbons (Fsp3) is 0.458. The molecule has 0 bridgehead atoms. The Labute approximate surface area is 183 Å². The molecule has 0 aliphatic carbocycles. The average molecular weight is 422 g/mol. The number of anilines is 1. The van der Waals surface area contributed by atoms with Gasteiger partial charge in [-0.25, -0.2) is 9.50 Å². The van der Waals surface area contributed by atoms with E-state index in [1.807, 2.05) is 27.0 Å².